The standard InChI is InChI=1S/C17H18N4O3S/c1-23-11-15(22)21-17(18-10-14-4-3-9-25-14)19-16(20-21)12-5-7-13(24-2)8-6-12/h3-9H,10-11H2,1-2H3,(H,18,19,20). The second-order valence-corrected chi connectivity index (χ2v) is 6.19. The van der Waals surface area contributed by atoms with Crippen molar-refractivity contribution in [3.8, 4) is 17.1 Å². The highest BCUT2D eigenvalue weighted by Crippen LogP contribution is 2.21. The van der Waals surface area contributed by atoms with E-state index in [2.05, 4.69) is 15.4 Å². The molecule has 0 aliphatic carbocycles. The highest BCUT2D eigenvalue weighted by molar-refractivity contribution is 7.09. The molecule has 0 bridgehead atoms. The van der Waals surface area contributed by atoms with E-state index in [0.29, 0.717) is 18.3 Å². The average Bonchev–Trinajstić information content (AvgIpc) is 3.30. The summed E-state index contributed by atoms with van der Waals surface area (Å²) in [5, 5.41) is 9.50. The minimum absolute atomic E-state index is 0.0703. The molecule has 130 valence electrons. The molecule has 0 atom stereocenters. The molecule has 2 heterocycles. The zero-order valence-corrected chi connectivity index (χ0v) is 14.7. The third-order valence-corrected chi connectivity index (χ3v) is 4.34. The molecule has 3 aromatic rings. The van der Waals surface area contributed by atoms with Gasteiger partial charge in [-0.05, 0) is 35.7 Å². The zero-order valence-electron chi connectivity index (χ0n) is 13.9. The van der Waals surface area contributed by atoms with Crippen molar-refractivity contribution >= 4 is 23.2 Å². The van der Waals surface area contributed by atoms with Crippen LogP contribution in [0.25, 0.3) is 11.4 Å². The lowest BCUT2D eigenvalue weighted by atomic mass is 10.2. The van der Waals surface area contributed by atoms with Crippen LogP contribution in [-0.4, -0.2) is 41.5 Å². The van der Waals surface area contributed by atoms with E-state index in [-0.39, 0.29) is 12.5 Å². The SMILES string of the molecule is COCC(=O)n1nc(-c2ccc(OC)cc2)nc1NCc1cccs1. The number of nitrogens with one attached hydrogen (secondary N) is 1. The predicted molar refractivity (Wildman–Crippen MR) is 96.2 cm³/mol. The summed E-state index contributed by atoms with van der Waals surface area (Å²) >= 11 is 1.63. The summed E-state index contributed by atoms with van der Waals surface area (Å²) in [5.74, 6) is 1.31. The molecule has 0 aliphatic rings. The molecule has 7 nitrogen and oxygen atoms in total. The van der Waals surface area contributed by atoms with Crippen molar-refractivity contribution < 1.29 is 14.3 Å². The van der Waals surface area contributed by atoms with Crippen molar-refractivity contribution in [2.24, 2.45) is 0 Å². The van der Waals surface area contributed by atoms with Crippen LogP contribution in [0.5, 0.6) is 5.75 Å². The van der Waals surface area contributed by atoms with Crippen LogP contribution in [0.15, 0.2) is 41.8 Å². The van der Waals surface area contributed by atoms with E-state index in [4.69, 9.17) is 9.47 Å². The number of hydrogen-bond donors (Lipinski definition) is 1. The van der Waals surface area contributed by atoms with E-state index in [0.717, 1.165) is 16.2 Å². The number of rotatable bonds is 7. The predicted octanol–water partition coefficient (Wildman–Crippen LogP) is 2.91. The second-order valence-electron chi connectivity index (χ2n) is 5.16. The van der Waals surface area contributed by atoms with Crippen molar-refractivity contribution in [3.63, 3.8) is 0 Å². The number of carbonyl (C=O) groups excluding carboxylic acids is 1. The van der Waals surface area contributed by atoms with Gasteiger partial charge in [0.25, 0.3) is 5.91 Å². The number of thiophene rings is 1. The molecular weight excluding hydrogens is 340 g/mol. The fraction of sp³-hybridized carbons (Fsp3) is 0.235. The Hall–Kier alpha value is -2.71. The molecule has 1 aromatic carbocycles. The van der Waals surface area contributed by atoms with Gasteiger partial charge in [-0.15, -0.1) is 16.4 Å². The molecule has 0 saturated carbocycles. The Morgan fingerprint density at radius 1 is 1.24 bits per heavy atom. The number of benzene rings is 1. The zero-order chi connectivity index (χ0) is 17.6. The maximum absolute atomic E-state index is 12.2. The molecule has 1 N–H and O–H groups in total. The first kappa shape index (κ1) is 17.1. The smallest absolute Gasteiger partial charge is 0.276 e. The van der Waals surface area contributed by atoms with E-state index in [1.165, 1.54) is 11.8 Å². The van der Waals surface area contributed by atoms with Gasteiger partial charge in [-0.3, -0.25) is 4.79 Å². The normalized spacial score (nSPS) is 10.6. The number of nitrogens with zero attached hydrogens (tertiary/aromatic N) is 3. The highest BCUT2D eigenvalue weighted by Gasteiger charge is 2.17. The number of aromatic nitrogens is 3. The van der Waals surface area contributed by atoms with E-state index in [9.17, 15) is 4.79 Å². The van der Waals surface area contributed by atoms with E-state index >= 15 is 0 Å². The Balaban J connectivity index is 1.88. The van der Waals surface area contributed by atoms with E-state index in [1.54, 1.807) is 18.4 Å². The van der Waals surface area contributed by atoms with E-state index < -0.39 is 0 Å². The molecule has 0 fully saturated rings. The first-order valence-electron chi connectivity index (χ1n) is 7.61. The maximum atomic E-state index is 12.2. The van der Waals surface area contributed by atoms with Crippen LogP contribution in [0.4, 0.5) is 5.95 Å². The number of methoxy groups -OCH3 is 2. The number of ether oxygens (including phenoxy) is 2. The summed E-state index contributed by atoms with van der Waals surface area (Å²) in [6.07, 6.45) is 0. The van der Waals surface area contributed by atoms with Crippen molar-refractivity contribution in [1.82, 2.24) is 14.8 Å². The summed E-state index contributed by atoms with van der Waals surface area (Å²) in [6, 6.07) is 11.3. The first-order chi connectivity index (χ1) is 12.2. The van der Waals surface area contributed by atoms with Crippen molar-refractivity contribution in [3.05, 3.63) is 46.7 Å². The highest BCUT2D eigenvalue weighted by atomic mass is 32.1. The van der Waals surface area contributed by atoms with Gasteiger partial charge in [0, 0.05) is 17.6 Å². The fourth-order valence-electron chi connectivity index (χ4n) is 2.23. The molecule has 0 spiro atoms. The van der Waals surface area contributed by atoms with Gasteiger partial charge in [0.2, 0.25) is 5.95 Å². The first-order valence-corrected chi connectivity index (χ1v) is 8.49. The molecule has 0 unspecified atom stereocenters. The molecular formula is C17H18N4O3S. The van der Waals surface area contributed by atoms with Crippen LogP contribution in [0.3, 0.4) is 0 Å². The Labute approximate surface area is 149 Å². The third kappa shape index (κ3) is 4.04. The monoisotopic (exact) mass is 358 g/mol. The van der Waals surface area contributed by atoms with Crippen LogP contribution in [0.2, 0.25) is 0 Å². The lowest BCUT2D eigenvalue weighted by molar-refractivity contribution is 0.0748. The topological polar surface area (TPSA) is 78.3 Å². The lowest BCUT2D eigenvalue weighted by Gasteiger charge is -2.05. The third-order valence-electron chi connectivity index (χ3n) is 3.46. The van der Waals surface area contributed by atoms with Crippen molar-refractivity contribution in [2.45, 2.75) is 6.54 Å². The largest absolute Gasteiger partial charge is 0.497 e. The summed E-state index contributed by atoms with van der Waals surface area (Å²) in [6.45, 7) is 0.498. The van der Waals surface area contributed by atoms with Gasteiger partial charge >= 0.3 is 0 Å². The Bertz CT molecular complexity index is 828. The van der Waals surface area contributed by atoms with Gasteiger partial charge in [-0.25, -0.2) is 0 Å². The molecule has 3 rings (SSSR count). The van der Waals surface area contributed by atoms with Gasteiger partial charge < -0.3 is 14.8 Å². The minimum Gasteiger partial charge on any atom is -0.497 e. The molecule has 8 heteroatoms. The summed E-state index contributed by atoms with van der Waals surface area (Å²) in [7, 11) is 3.08. The molecule has 0 amide bonds. The molecule has 2 aromatic heterocycles. The quantitative estimate of drug-likeness (QED) is 0.700. The average molecular weight is 358 g/mol. The Kier molecular flexibility index (Phi) is 5.42. The summed E-state index contributed by atoms with van der Waals surface area (Å²) in [4.78, 5) is 17.9. The molecule has 0 radical (unpaired) electrons. The van der Waals surface area contributed by atoms with Crippen LogP contribution < -0.4 is 10.1 Å². The number of hydrogen-bond acceptors (Lipinski definition) is 7. The fourth-order valence-corrected chi connectivity index (χ4v) is 2.87. The lowest BCUT2D eigenvalue weighted by Crippen LogP contribution is -2.20. The van der Waals surface area contributed by atoms with Gasteiger partial charge in [0.1, 0.15) is 12.4 Å². The van der Waals surface area contributed by atoms with Crippen LogP contribution in [0, 0.1) is 0 Å². The molecule has 0 aliphatic heterocycles. The maximum Gasteiger partial charge on any atom is 0.276 e. The summed E-state index contributed by atoms with van der Waals surface area (Å²) in [5.41, 5.74) is 0.795. The van der Waals surface area contributed by atoms with Gasteiger partial charge in [0.15, 0.2) is 5.82 Å². The van der Waals surface area contributed by atoms with Crippen LogP contribution in [-0.2, 0) is 11.3 Å². The van der Waals surface area contributed by atoms with Crippen LogP contribution >= 0.6 is 11.3 Å². The summed E-state index contributed by atoms with van der Waals surface area (Å²) < 4.78 is 11.3. The second kappa shape index (κ2) is 7.91. The number of anilines is 1. The molecule has 25 heavy (non-hydrogen) atoms. The minimum atomic E-state index is -0.288. The van der Waals surface area contributed by atoms with Gasteiger partial charge in [-0.1, -0.05) is 6.07 Å². The van der Waals surface area contributed by atoms with E-state index in [1.807, 2.05) is 41.8 Å². The Morgan fingerprint density at radius 2 is 2.04 bits per heavy atom. The van der Waals surface area contributed by atoms with Gasteiger partial charge in [0.05, 0.1) is 13.7 Å². The van der Waals surface area contributed by atoms with Crippen molar-refractivity contribution in [2.75, 3.05) is 26.1 Å². The molecule has 0 saturated heterocycles. The van der Waals surface area contributed by atoms with Crippen molar-refractivity contribution in [1.29, 1.82) is 0 Å². The van der Waals surface area contributed by atoms with Gasteiger partial charge in [-0.2, -0.15) is 9.67 Å². The Morgan fingerprint density at radius 3 is 2.68 bits per heavy atom. The number of carbonyl (C=O) groups is 1. The van der Waals surface area contributed by atoms with Crippen LogP contribution in [0.1, 0.15) is 9.67 Å².